The first-order valence-corrected chi connectivity index (χ1v) is 13.7. The summed E-state index contributed by atoms with van der Waals surface area (Å²) in [5.74, 6) is -6.11. The molecule has 0 aliphatic heterocycles. The topological polar surface area (TPSA) is 182 Å². The molecule has 0 atom stereocenters. The van der Waals surface area contributed by atoms with Gasteiger partial charge in [0.2, 0.25) is 0 Å². The van der Waals surface area contributed by atoms with Crippen molar-refractivity contribution in [2.75, 3.05) is 26.2 Å². The van der Waals surface area contributed by atoms with Gasteiger partial charge in [-0.3, -0.25) is 0 Å². The van der Waals surface area contributed by atoms with Crippen LogP contribution in [0.2, 0.25) is 0 Å². The van der Waals surface area contributed by atoms with Gasteiger partial charge in [-0.2, -0.15) is 0 Å². The Morgan fingerprint density at radius 3 is 1.21 bits per heavy atom. The standard InChI is InChI=1S/C4H12N3.5C2H4O2.Gd/c5-1-3-7-4-2-6;5*1-2(3)4;/h5,7H,1-4,6H2;5*1H3,(H,3,4);/q-1;;;;;;+6/p-5. The summed E-state index contributed by atoms with van der Waals surface area (Å²) in [4.78, 5) is 59.6. The Labute approximate surface area is 163 Å². The van der Waals surface area contributed by atoms with Crippen molar-refractivity contribution >= 4 is 29.8 Å². The molecule has 0 aromatic rings. The summed E-state index contributed by atoms with van der Waals surface area (Å²) >= 11 is -7.99. The van der Waals surface area contributed by atoms with Crippen LogP contribution in [-0.2, 0) is 29.8 Å². The summed E-state index contributed by atoms with van der Waals surface area (Å²) in [6, 6.07) is 0. The molecule has 14 heteroatoms. The zero-order valence-corrected chi connectivity index (χ0v) is 18.6. The molecule has 0 saturated carbocycles. The number of nitrogens with two attached hydrogens (primary N) is 1. The maximum absolute atomic E-state index is 11.9. The van der Waals surface area contributed by atoms with E-state index in [0.717, 1.165) is 34.6 Å². The maximum atomic E-state index is 11.9. The van der Waals surface area contributed by atoms with E-state index >= 15 is 0 Å². The molecule has 28 heavy (non-hydrogen) atoms. The Morgan fingerprint density at radius 1 is 0.643 bits per heavy atom. The Hall–Kier alpha value is -1.45. The second-order valence-corrected chi connectivity index (χ2v) is 14.4. The number of hydrogen-bond acceptors (Lipinski definition) is 13. The second kappa shape index (κ2) is 9.85. The van der Waals surface area contributed by atoms with Crippen molar-refractivity contribution < 1.29 is 60.9 Å². The van der Waals surface area contributed by atoms with Crippen LogP contribution in [0.1, 0.15) is 34.6 Å². The normalized spacial score (nSPS) is 13.4. The number of nitrogens with one attached hydrogen (secondary N) is 2. The van der Waals surface area contributed by atoms with Gasteiger partial charge in [0.05, 0.1) is 0 Å². The molecule has 0 aromatic carbocycles. The third-order valence-electron chi connectivity index (χ3n) is 2.24. The molecule has 0 aliphatic rings. The monoisotopic (exact) mass is 555 g/mol. The van der Waals surface area contributed by atoms with Gasteiger partial charge in [-0.05, 0) is 0 Å². The van der Waals surface area contributed by atoms with Crippen LogP contribution in [0, 0.1) is 31.0 Å². The van der Waals surface area contributed by atoms with E-state index < -0.39 is 60.9 Å². The summed E-state index contributed by atoms with van der Waals surface area (Å²) in [5, 5.41) is 2.85. The molecule has 0 spiro atoms. The first-order valence-electron chi connectivity index (χ1n) is 7.91. The van der Waals surface area contributed by atoms with E-state index in [9.17, 15) is 24.0 Å². The second-order valence-electron chi connectivity index (χ2n) is 5.18. The average Bonchev–Trinajstić information content (AvgIpc) is 2.42. The van der Waals surface area contributed by atoms with Crippen LogP contribution >= 0.6 is 0 Å². The zero-order chi connectivity index (χ0) is 22.1. The third kappa shape index (κ3) is 7.18. The molecular weight excluding hydrogens is 527 g/mol. The fourth-order valence-electron chi connectivity index (χ4n) is 1.90. The van der Waals surface area contributed by atoms with E-state index in [1.807, 2.05) is 0 Å². The molecule has 4 N–H and O–H groups in total. The third-order valence-corrected chi connectivity index (χ3v) is 12.6. The van der Waals surface area contributed by atoms with Crippen LogP contribution in [0.15, 0.2) is 0 Å². The van der Waals surface area contributed by atoms with Crippen LogP contribution in [0.3, 0.4) is 0 Å². The summed E-state index contributed by atoms with van der Waals surface area (Å²) in [5.41, 5.74) is 5.36. The first-order chi connectivity index (χ1) is 12.8. The van der Waals surface area contributed by atoms with E-state index in [4.69, 9.17) is 11.6 Å². The van der Waals surface area contributed by atoms with Gasteiger partial charge in [0.15, 0.2) is 0 Å². The number of carbonyl (C=O) groups is 5. The van der Waals surface area contributed by atoms with Crippen molar-refractivity contribution in [1.82, 2.24) is 6.83 Å². The van der Waals surface area contributed by atoms with E-state index in [2.05, 4.69) is 6.83 Å². The number of rotatable bonds is 11. The van der Waals surface area contributed by atoms with E-state index in [-0.39, 0.29) is 13.1 Å². The van der Waals surface area contributed by atoms with Crippen LogP contribution in [0.4, 0.5) is 0 Å². The number of hydrogen-bond donors (Lipinski definition) is 3. The molecule has 0 fully saturated rings. The molecule has 0 amide bonds. The van der Waals surface area contributed by atoms with Gasteiger partial charge >= 0.3 is 164 Å². The van der Waals surface area contributed by atoms with Gasteiger partial charge in [-0.25, -0.2) is 0 Å². The average molecular weight is 555 g/mol. The van der Waals surface area contributed by atoms with E-state index in [1.165, 1.54) is 0 Å². The van der Waals surface area contributed by atoms with Crippen LogP contribution < -0.4 is 12.6 Å². The van der Waals surface area contributed by atoms with Crippen molar-refractivity contribution in [3.63, 3.8) is 0 Å². The molecule has 0 bridgehead atoms. The summed E-state index contributed by atoms with van der Waals surface area (Å²) < 4.78 is 27.8. The predicted molar refractivity (Wildman–Crippen MR) is 88.8 cm³/mol. The van der Waals surface area contributed by atoms with Crippen LogP contribution in [0.25, 0.3) is 0 Å². The molecule has 0 heterocycles. The van der Waals surface area contributed by atoms with E-state index in [0.29, 0.717) is 13.1 Å². The van der Waals surface area contributed by atoms with Crippen molar-refractivity contribution in [2.24, 2.45) is 5.73 Å². The van der Waals surface area contributed by atoms with Crippen LogP contribution in [0.5, 0.6) is 0 Å². The van der Waals surface area contributed by atoms with Gasteiger partial charge < -0.3 is 0 Å². The Balaban J connectivity index is 6.82. The fraction of sp³-hybridized carbons (Fsp3) is 0.643. The number of carbonyl (C=O) groups excluding carboxylic acids is 5. The fourth-order valence-corrected chi connectivity index (χ4v) is 12.1. The van der Waals surface area contributed by atoms with Gasteiger partial charge in [0.1, 0.15) is 0 Å². The molecule has 0 unspecified atom stereocenters. The molecule has 0 radical (unpaired) electrons. The summed E-state index contributed by atoms with van der Waals surface area (Å²) in [6.07, 6.45) is 0. The molecule has 0 saturated heterocycles. The molecule has 13 nitrogen and oxygen atoms in total. The Morgan fingerprint density at radius 2 is 0.964 bits per heavy atom. The Kier molecular flexibility index (Phi) is 9.34. The molecular formula is C14H27GdN3O10. The molecule has 166 valence electrons. The van der Waals surface area contributed by atoms with Crippen molar-refractivity contribution in [3.05, 3.63) is 0 Å². The molecule has 0 aromatic heterocycles. The first kappa shape index (κ1) is 26.6. The zero-order valence-electron chi connectivity index (χ0n) is 16.3. The SMILES string of the molecule is CC(=O)[O][Gd]([NH]CCNCCN)([O]C(C)=O)([O]C(C)=O)([O]C(C)=O)[O]C(C)=O. The van der Waals surface area contributed by atoms with Gasteiger partial charge in [0.25, 0.3) is 0 Å². The summed E-state index contributed by atoms with van der Waals surface area (Å²) in [7, 11) is 0. The van der Waals surface area contributed by atoms with Gasteiger partial charge in [-0.1, -0.05) is 0 Å². The van der Waals surface area contributed by atoms with Gasteiger partial charge in [0, 0.05) is 0 Å². The van der Waals surface area contributed by atoms with Crippen LogP contribution in [-0.4, -0.2) is 56.0 Å². The quantitative estimate of drug-likeness (QED) is 0.255. The van der Waals surface area contributed by atoms with Crippen molar-refractivity contribution in [2.45, 2.75) is 34.6 Å². The molecule has 0 aliphatic carbocycles. The van der Waals surface area contributed by atoms with E-state index in [1.54, 1.807) is 0 Å². The summed E-state index contributed by atoms with van der Waals surface area (Å²) in [6.45, 7) is 4.69. The Bertz CT molecular complexity index is 548. The van der Waals surface area contributed by atoms with Crippen molar-refractivity contribution in [3.8, 4) is 0 Å². The minimum atomic E-state index is -7.99. The van der Waals surface area contributed by atoms with Gasteiger partial charge in [-0.15, -0.1) is 0 Å². The van der Waals surface area contributed by atoms with Crippen molar-refractivity contribution in [1.29, 1.82) is 0 Å². The minimum absolute atomic E-state index is 0.0776. The predicted octanol–water partition coefficient (Wildman–Crippen LogP) is -1.34. The molecule has 0 rings (SSSR count).